The Hall–Kier alpha value is -2.65. The molecule has 0 saturated carbocycles. The monoisotopic (exact) mass is 426 g/mol. The van der Waals surface area contributed by atoms with E-state index in [0.29, 0.717) is 12.3 Å². The van der Waals surface area contributed by atoms with Gasteiger partial charge in [0.05, 0.1) is 24.5 Å². The summed E-state index contributed by atoms with van der Waals surface area (Å²) in [5, 5.41) is 13.2. The Balaban J connectivity index is 1.27. The SMILES string of the molecule is Cc1cc(CN2CCN(C(=O)CSc3nnc(C)n3Cc3ccccc3)CC2)on1. The summed E-state index contributed by atoms with van der Waals surface area (Å²) >= 11 is 1.46. The van der Waals surface area contributed by atoms with Gasteiger partial charge in [0.15, 0.2) is 10.9 Å². The molecule has 4 rings (SSSR count). The van der Waals surface area contributed by atoms with Crippen LogP contribution in [-0.2, 0) is 17.9 Å². The fraction of sp³-hybridized carbons (Fsp3) is 0.429. The lowest BCUT2D eigenvalue weighted by Crippen LogP contribution is -2.48. The first-order valence-electron chi connectivity index (χ1n) is 10.1. The summed E-state index contributed by atoms with van der Waals surface area (Å²) in [6, 6.07) is 12.2. The van der Waals surface area contributed by atoms with Gasteiger partial charge in [-0.15, -0.1) is 10.2 Å². The summed E-state index contributed by atoms with van der Waals surface area (Å²) in [4.78, 5) is 16.9. The Morgan fingerprint density at radius 1 is 1.07 bits per heavy atom. The van der Waals surface area contributed by atoms with Gasteiger partial charge in [-0.1, -0.05) is 47.3 Å². The fourth-order valence-electron chi connectivity index (χ4n) is 3.50. The van der Waals surface area contributed by atoms with Gasteiger partial charge >= 0.3 is 0 Å². The molecule has 0 atom stereocenters. The Labute approximate surface area is 180 Å². The van der Waals surface area contributed by atoms with E-state index < -0.39 is 0 Å². The van der Waals surface area contributed by atoms with Gasteiger partial charge in [-0.2, -0.15) is 0 Å². The van der Waals surface area contributed by atoms with Gasteiger partial charge in [0.1, 0.15) is 5.82 Å². The number of nitrogens with zero attached hydrogens (tertiary/aromatic N) is 6. The normalized spacial score (nSPS) is 14.9. The third-order valence-electron chi connectivity index (χ3n) is 5.19. The van der Waals surface area contributed by atoms with E-state index in [9.17, 15) is 4.79 Å². The molecule has 1 amide bonds. The Morgan fingerprint density at radius 3 is 2.53 bits per heavy atom. The van der Waals surface area contributed by atoms with Crippen molar-refractivity contribution < 1.29 is 9.32 Å². The number of piperazine rings is 1. The van der Waals surface area contributed by atoms with E-state index in [4.69, 9.17) is 4.52 Å². The van der Waals surface area contributed by atoms with Crippen LogP contribution in [0.2, 0.25) is 0 Å². The van der Waals surface area contributed by atoms with E-state index in [1.54, 1.807) is 0 Å². The zero-order valence-corrected chi connectivity index (χ0v) is 18.1. The Bertz CT molecular complexity index is 979. The molecule has 158 valence electrons. The molecule has 3 aromatic rings. The van der Waals surface area contributed by atoms with Gasteiger partial charge in [0.25, 0.3) is 0 Å². The molecule has 0 unspecified atom stereocenters. The van der Waals surface area contributed by atoms with Crippen molar-refractivity contribution in [2.75, 3.05) is 31.9 Å². The second-order valence-corrected chi connectivity index (χ2v) is 8.42. The van der Waals surface area contributed by atoms with E-state index in [2.05, 4.69) is 37.0 Å². The molecule has 0 N–H and O–H groups in total. The summed E-state index contributed by atoms with van der Waals surface area (Å²) in [6.07, 6.45) is 0. The third kappa shape index (κ3) is 5.09. The van der Waals surface area contributed by atoms with Crippen LogP contribution in [0.3, 0.4) is 0 Å². The van der Waals surface area contributed by atoms with Gasteiger partial charge in [0.2, 0.25) is 5.91 Å². The molecule has 9 heteroatoms. The van der Waals surface area contributed by atoms with E-state index >= 15 is 0 Å². The number of thioether (sulfide) groups is 1. The number of carbonyl (C=O) groups is 1. The molecule has 2 aromatic heterocycles. The largest absolute Gasteiger partial charge is 0.360 e. The summed E-state index contributed by atoms with van der Waals surface area (Å²) in [6.45, 7) is 8.42. The first-order chi connectivity index (χ1) is 14.6. The molecule has 1 fully saturated rings. The molecule has 1 saturated heterocycles. The van der Waals surface area contributed by atoms with Gasteiger partial charge < -0.3 is 14.0 Å². The molecule has 0 radical (unpaired) electrons. The van der Waals surface area contributed by atoms with E-state index in [0.717, 1.165) is 55.2 Å². The third-order valence-corrected chi connectivity index (χ3v) is 6.14. The molecular weight excluding hydrogens is 400 g/mol. The molecule has 8 nitrogen and oxygen atoms in total. The lowest BCUT2D eigenvalue weighted by atomic mass is 10.2. The standard InChI is InChI=1S/C21H26N6O2S/c1-16-12-19(29-24-16)14-25-8-10-26(11-9-25)20(28)15-30-21-23-22-17(2)27(21)13-18-6-4-3-5-7-18/h3-7,12H,8-11,13-15H2,1-2H3. The average Bonchev–Trinajstić information content (AvgIpc) is 3.33. The minimum atomic E-state index is 0.141. The van der Waals surface area contributed by atoms with E-state index in [-0.39, 0.29) is 5.91 Å². The fourth-order valence-corrected chi connectivity index (χ4v) is 4.39. The smallest absolute Gasteiger partial charge is 0.233 e. The van der Waals surface area contributed by atoms with Crippen molar-refractivity contribution in [2.24, 2.45) is 0 Å². The second kappa shape index (κ2) is 9.44. The zero-order chi connectivity index (χ0) is 20.9. The topological polar surface area (TPSA) is 80.3 Å². The molecule has 0 aliphatic carbocycles. The molecule has 0 spiro atoms. The number of aryl methyl sites for hydroxylation is 2. The van der Waals surface area contributed by atoms with E-state index in [1.165, 1.54) is 17.3 Å². The van der Waals surface area contributed by atoms with Crippen LogP contribution in [0, 0.1) is 13.8 Å². The van der Waals surface area contributed by atoms with Gasteiger partial charge in [-0.3, -0.25) is 9.69 Å². The predicted octanol–water partition coefficient (Wildman–Crippen LogP) is 2.37. The number of hydrogen-bond donors (Lipinski definition) is 0. The second-order valence-electron chi connectivity index (χ2n) is 7.48. The van der Waals surface area contributed by atoms with Gasteiger partial charge in [-0.05, 0) is 19.4 Å². The predicted molar refractivity (Wildman–Crippen MR) is 114 cm³/mol. The molecule has 30 heavy (non-hydrogen) atoms. The summed E-state index contributed by atoms with van der Waals surface area (Å²) in [5.74, 6) is 2.23. The molecule has 1 aliphatic rings. The molecule has 1 aliphatic heterocycles. The number of carbonyl (C=O) groups excluding carboxylic acids is 1. The highest BCUT2D eigenvalue weighted by molar-refractivity contribution is 7.99. The summed E-state index contributed by atoms with van der Waals surface area (Å²) in [5.41, 5.74) is 2.08. The minimum Gasteiger partial charge on any atom is -0.360 e. The summed E-state index contributed by atoms with van der Waals surface area (Å²) < 4.78 is 7.35. The van der Waals surface area contributed by atoms with Crippen LogP contribution < -0.4 is 0 Å². The number of amides is 1. The summed E-state index contributed by atoms with van der Waals surface area (Å²) in [7, 11) is 0. The molecule has 1 aromatic carbocycles. The van der Waals surface area contributed by atoms with Crippen LogP contribution in [0.5, 0.6) is 0 Å². The maximum Gasteiger partial charge on any atom is 0.233 e. The zero-order valence-electron chi connectivity index (χ0n) is 17.3. The quantitative estimate of drug-likeness (QED) is 0.537. The average molecular weight is 427 g/mol. The lowest BCUT2D eigenvalue weighted by Gasteiger charge is -2.34. The van der Waals surface area contributed by atoms with Crippen LogP contribution in [-0.4, -0.2) is 67.6 Å². The minimum absolute atomic E-state index is 0.141. The van der Waals surface area contributed by atoms with Gasteiger partial charge in [0, 0.05) is 32.2 Å². The molecular formula is C21H26N6O2S. The highest BCUT2D eigenvalue weighted by Gasteiger charge is 2.23. The van der Waals surface area contributed by atoms with Crippen LogP contribution in [0.15, 0.2) is 46.1 Å². The van der Waals surface area contributed by atoms with Crippen LogP contribution in [0.4, 0.5) is 0 Å². The highest BCUT2D eigenvalue weighted by atomic mass is 32.2. The van der Waals surface area contributed by atoms with Crippen molar-refractivity contribution in [3.63, 3.8) is 0 Å². The maximum absolute atomic E-state index is 12.7. The van der Waals surface area contributed by atoms with Crippen molar-refractivity contribution >= 4 is 17.7 Å². The van der Waals surface area contributed by atoms with Crippen LogP contribution >= 0.6 is 11.8 Å². The first kappa shape index (κ1) is 20.6. The maximum atomic E-state index is 12.7. The Morgan fingerprint density at radius 2 is 1.83 bits per heavy atom. The van der Waals surface area contributed by atoms with Crippen LogP contribution in [0.25, 0.3) is 0 Å². The van der Waals surface area contributed by atoms with Crippen molar-refractivity contribution in [2.45, 2.75) is 32.1 Å². The molecule has 3 heterocycles. The van der Waals surface area contributed by atoms with Gasteiger partial charge in [-0.25, -0.2) is 0 Å². The first-order valence-corrected chi connectivity index (χ1v) is 11.1. The molecule has 0 bridgehead atoms. The van der Waals surface area contributed by atoms with Crippen LogP contribution in [0.1, 0.15) is 22.8 Å². The number of aromatic nitrogens is 4. The number of rotatable bonds is 7. The Kier molecular flexibility index (Phi) is 6.49. The lowest BCUT2D eigenvalue weighted by molar-refractivity contribution is -0.130. The van der Waals surface area contributed by atoms with Crippen molar-refractivity contribution in [1.82, 2.24) is 29.7 Å². The number of hydrogen-bond acceptors (Lipinski definition) is 7. The number of benzene rings is 1. The van der Waals surface area contributed by atoms with E-state index in [1.807, 2.05) is 43.0 Å². The van der Waals surface area contributed by atoms with Crippen molar-refractivity contribution in [1.29, 1.82) is 0 Å². The van der Waals surface area contributed by atoms with Crippen molar-refractivity contribution in [3.8, 4) is 0 Å². The highest BCUT2D eigenvalue weighted by Crippen LogP contribution is 2.19. The van der Waals surface area contributed by atoms with Crippen molar-refractivity contribution in [3.05, 3.63) is 59.2 Å².